The van der Waals surface area contributed by atoms with Crippen LogP contribution in [0.1, 0.15) is 60.9 Å². The lowest BCUT2D eigenvalue weighted by molar-refractivity contribution is -0.0220. The maximum atomic E-state index is 11.3. The Morgan fingerprint density at radius 1 is 1.42 bits per heavy atom. The highest BCUT2D eigenvalue weighted by Crippen LogP contribution is 2.37. The van der Waals surface area contributed by atoms with Gasteiger partial charge in [-0.1, -0.05) is 27.7 Å². The number of ether oxygens (including phenoxy) is 1. The lowest BCUT2D eigenvalue weighted by Crippen LogP contribution is -2.26. The number of carbonyl (C=O) groups is 1. The molecule has 0 radical (unpaired) electrons. The van der Waals surface area contributed by atoms with Crippen LogP contribution in [-0.4, -0.2) is 23.2 Å². The van der Waals surface area contributed by atoms with Crippen molar-refractivity contribution in [3.05, 3.63) is 15.6 Å². The first-order valence-electron chi connectivity index (χ1n) is 6.68. The van der Waals surface area contributed by atoms with Crippen molar-refractivity contribution in [1.29, 1.82) is 0 Å². The van der Waals surface area contributed by atoms with E-state index in [2.05, 4.69) is 18.8 Å². The molecule has 0 aliphatic carbocycles. The van der Waals surface area contributed by atoms with E-state index in [0.717, 1.165) is 17.8 Å². The van der Waals surface area contributed by atoms with Crippen LogP contribution in [0.5, 0.6) is 0 Å². The van der Waals surface area contributed by atoms with Crippen LogP contribution >= 0.6 is 11.3 Å². The van der Waals surface area contributed by atoms with E-state index < -0.39 is 11.6 Å². The molecule has 1 aromatic rings. The van der Waals surface area contributed by atoms with Gasteiger partial charge in [0.15, 0.2) is 0 Å². The van der Waals surface area contributed by atoms with E-state index in [1.165, 1.54) is 11.3 Å². The summed E-state index contributed by atoms with van der Waals surface area (Å²) in [5.74, 6) is -0.509. The van der Waals surface area contributed by atoms with Crippen LogP contribution in [0.3, 0.4) is 0 Å². The van der Waals surface area contributed by atoms with Crippen LogP contribution in [0.15, 0.2) is 0 Å². The molecule has 1 aromatic heterocycles. The molecule has 5 heteroatoms. The third-order valence-corrected chi connectivity index (χ3v) is 4.69. The van der Waals surface area contributed by atoms with Crippen LogP contribution in [0.2, 0.25) is 0 Å². The molecule has 0 amide bonds. The van der Waals surface area contributed by atoms with Gasteiger partial charge in [0.05, 0.1) is 5.69 Å². The topological polar surface area (TPSA) is 59.4 Å². The van der Waals surface area contributed by atoms with Gasteiger partial charge in [0, 0.05) is 7.11 Å². The van der Waals surface area contributed by atoms with Crippen LogP contribution in [0.4, 0.5) is 0 Å². The van der Waals surface area contributed by atoms with Crippen molar-refractivity contribution in [2.75, 3.05) is 7.11 Å². The first-order chi connectivity index (χ1) is 8.90. The molecule has 19 heavy (non-hydrogen) atoms. The summed E-state index contributed by atoms with van der Waals surface area (Å²) in [6.45, 7) is 8.20. The molecule has 1 heterocycles. The van der Waals surface area contributed by atoms with Gasteiger partial charge in [0.2, 0.25) is 0 Å². The Morgan fingerprint density at radius 2 is 2.00 bits per heavy atom. The highest BCUT2D eigenvalue weighted by atomic mass is 32.1. The zero-order valence-corrected chi connectivity index (χ0v) is 13.1. The molecule has 0 bridgehead atoms. The van der Waals surface area contributed by atoms with Crippen molar-refractivity contribution in [3.8, 4) is 0 Å². The molecule has 0 atom stereocenters. The number of carboxylic acid groups (broad SMARTS) is 1. The summed E-state index contributed by atoms with van der Waals surface area (Å²) in [6, 6.07) is 0. The number of thiazole rings is 1. The van der Waals surface area contributed by atoms with Crippen molar-refractivity contribution in [1.82, 2.24) is 4.98 Å². The molecule has 4 nitrogen and oxygen atoms in total. The van der Waals surface area contributed by atoms with Gasteiger partial charge >= 0.3 is 5.97 Å². The van der Waals surface area contributed by atoms with Crippen LogP contribution in [0.25, 0.3) is 0 Å². The number of carboxylic acids is 1. The second-order valence-corrected chi connectivity index (χ2v) is 6.10. The third-order valence-electron chi connectivity index (χ3n) is 3.42. The van der Waals surface area contributed by atoms with Gasteiger partial charge in [-0.2, -0.15) is 0 Å². The predicted octanol–water partition coefficient (Wildman–Crippen LogP) is 3.70. The molecule has 0 aromatic carbocycles. The molecular formula is C14H23NO3S. The number of rotatable bonds is 7. The highest BCUT2D eigenvalue weighted by Gasteiger charge is 2.34. The van der Waals surface area contributed by atoms with Gasteiger partial charge in [-0.3, -0.25) is 0 Å². The molecule has 1 N–H and O–H groups in total. The third kappa shape index (κ3) is 3.34. The normalized spacial score (nSPS) is 12.1. The minimum atomic E-state index is -0.892. The number of aromatic nitrogens is 1. The largest absolute Gasteiger partial charge is 0.477 e. The molecule has 0 unspecified atom stereocenters. The maximum Gasteiger partial charge on any atom is 0.347 e. The van der Waals surface area contributed by atoms with Crippen LogP contribution in [0, 0.1) is 5.92 Å². The second kappa shape index (κ2) is 6.48. The monoisotopic (exact) mass is 285 g/mol. The summed E-state index contributed by atoms with van der Waals surface area (Å²) in [6.07, 6.45) is 2.26. The zero-order valence-electron chi connectivity index (χ0n) is 12.3. The van der Waals surface area contributed by atoms with E-state index in [1.54, 1.807) is 7.11 Å². The minimum Gasteiger partial charge on any atom is -0.477 e. The lowest BCUT2D eigenvalue weighted by atomic mass is 9.98. The van der Waals surface area contributed by atoms with Gasteiger partial charge < -0.3 is 9.84 Å². The molecule has 0 spiro atoms. The fraction of sp³-hybridized carbons (Fsp3) is 0.714. The van der Waals surface area contributed by atoms with E-state index in [4.69, 9.17) is 4.74 Å². The van der Waals surface area contributed by atoms with Gasteiger partial charge in [0.25, 0.3) is 0 Å². The molecule has 1 rings (SSSR count). The number of nitrogens with zero attached hydrogens (tertiary/aromatic N) is 1. The van der Waals surface area contributed by atoms with E-state index >= 15 is 0 Å². The average Bonchev–Trinajstić information content (AvgIpc) is 2.76. The molecule has 0 aliphatic heterocycles. The Hall–Kier alpha value is -0.940. The lowest BCUT2D eigenvalue weighted by Gasteiger charge is -2.27. The average molecular weight is 285 g/mol. The van der Waals surface area contributed by atoms with Crippen molar-refractivity contribution < 1.29 is 14.6 Å². The minimum absolute atomic E-state index is 0.354. The number of methoxy groups -OCH3 is 1. The smallest absolute Gasteiger partial charge is 0.347 e. The molecule has 0 saturated heterocycles. The van der Waals surface area contributed by atoms with Gasteiger partial charge in [-0.25, -0.2) is 9.78 Å². The second-order valence-electron chi connectivity index (χ2n) is 5.10. The fourth-order valence-electron chi connectivity index (χ4n) is 2.17. The molecule has 0 saturated carbocycles. The maximum absolute atomic E-state index is 11.3. The van der Waals surface area contributed by atoms with E-state index in [9.17, 15) is 9.90 Å². The van der Waals surface area contributed by atoms with Crippen LogP contribution < -0.4 is 0 Å². The quantitative estimate of drug-likeness (QED) is 0.829. The van der Waals surface area contributed by atoms with Gasteiger partial charge in [0.1, 0.15) is 15.5 Å². The van der Waals surface area contributed by atoms with Crippen molar-refractivity contribution in [2.45, 2.75) is 52.6 Å². The van der Waals surface area contributed by atoms with Crippen molar-refractivity contribution in [2.24, 2.45) is 5.92 Å². The summed E-state index contributed by atoms with van der Waals surface area (Å²) in [5.41, 5.74) is 0.232. The van der Waals surface area contributed by atoms with Gasteiger partial charge in [-0.15, -0.1) is 11.3 Å². The first-order valence-corrected chi connectivity index (χ1v) is 7.50. The zero-order chi connectivity index (χ0) is 14.6. The first kappa shape index (κ1) is 16.1. The van der Waals surface area contributed by atoms with Gasteiger partial charge in [-0.05, 0) is 25.2 Å². The molecular weight excluding hydrogens is 262 g/mol. The Kier molecular flexibility index (Phi) is 5.50. The van der Waals surface area contributed by atoms with Crippen molar-refractivity contribution >= 4 is 17.3 Å². The van der Waals surface area contributed by atoms with Crippen LogP contribution in [-0.2, 0) is 16.8 Å². The summed E-state index contributed by atoms with van der Waals surface area (Å²) >= 11 is 1.25. The highest BCUT2D eigenvalue weighted by molar-refractivity contribution is 7.13. The Morgan fingerprint density at radius 3 is 2.37 bits per heavy atom. The summed E-state index contributed by atoms with van der Waals surface area (Å²) in [4.78, 5) is 16.3. The fourth-order valence-corrected chi connectivity index (χ4v) is 3.41. The SMILES string of the molecule is CCC(CC)(OC)c1nc(CC(C)C)c(C(=O)O)s1. The summed E-state index contributed by atoms with van der Waals surface area (Å²) in [5, 5.41) is 10.1. The number of hydrogen-bond acceptors (Lipinski definition) is 4. The van der Waals surface area contributed by atoms with Crippen molar-refractivity contribution in [3.63, 3.8) is 0 Å². The Labute approximate surface area is 118 Å². The molecule has 0 fully saturated rings. The number of hydrogen-bond donors (Lipinski definition) is 1. The predicted molar refractivity (Wildman–Crippen MR) is 76.9 cm³/mol. The number of aromatic carboxylic acids is 1. The Bertz CT molecular complexity index is 428. The van der Waals surface area contributed by atoms with E-state index in [0.29, 0.717) is 22.9 Å². The van der Waals surface area contributed by atoms with E-state index in [1.807, 2.05) is 13.8 Å². The van der Waals surface area contributed by atoms with E-state index in [-0.39, 0.29) is 0 Å². The molecule has 0 aliphatic rings. The Balaban J connectivity index is 3.26. The standard InChI is InChI=1S/C14H23NO3S/c1-6-14(7-2,18-5)13-15-10(8-9(3)4)11(19-13)12(16)17/h9H,6-8H2,1-5H3,(H,16,17). The summed E-state index contributed by atoms with van der Waals surface area (Å²) in [7, 11) is 1.66. The summed E-state index contributed by atoms with van der Waals surface area (Å²) < 4.78 is 5.63. The molecule has 108 valence electrons.